The van der Waals surface area contributed by atoms with Crippen LogP contribution in [0.5, 0.6) is 0 Å². The second-order valence-corrected chi connectivity index (χ2v) is 16.6. The molecule has 0 radical (unpaired) electrons. The van der Waals surface area contributed by atoms with Gasteiger partial charge < -0.3 is 8.60 Å². The molecular weight excluding hydrogens is 242 g/mol. The predicted octanol–water partition coefficient (Wildman–Crippen LogP) is 3.67. The number of likely N-dealkylation sites (tertiary alicyclic amines) is 1. The molecule has 0 aromatic rings. The first-order valence-electron chi connectivity index (χ1n) is 7.16. The normalized spacial score (nSPS) is 20.8. The monoisotopic (exact) mass is 274 g/mol. The lowest BCUT2D eigenvalue weighted by molar-refractivity contribution is -0.897. The van der Waals surface area contributed by atoms with Crippen molar-refractivity contribution in [2.75, 3.05) is 26.7 Å². The molecular formula is C13H32NOSi2+. The predicted molar refractivity (Wildman–Crippen MR) is 81.4 cm³/mol. The van der Waals surface area contributed by atoms with E-state index in [2.05, 4.69) is 39.8 Å². The summed E-state index contributed by atoms with van der Waals surface area (Å²) in [4.78, 5) is 0. The summed E-state index contributed by atoms with van der Waals surface area (Å²) >= 11 is 0. The summed E-state index contributed by atoms with van der Waals surface area (Å²) in [5, 5.41) is 0. The van der Waals surface area contributed by atoms with Gasteiger partial charge in [0.25, 0.3) is 0 Å². The molecule has 0 N–H and O–H groups in total. The summed E-state index contributed by atoms with van der Waals surface area (Å²) < 4.78 is 7.71. The molecule has 0 bridgehead atoms. The second kappa shape index (κ2) is 5.55. The highest BCUT2D eigenvalue weighted by atomic mass is 28.4. The fraction of sp³-hybridized carbons (Fsp3) is 1.00. The van der Waals surface area contributed by atoms with Gasteiger partial charge in [-0.05, 0) is 45.2 Å². The molecule has 0 spiro atoms. The van der Waals surface area contributed by atoms with Crippen LogP contribution in [0.4, 0.5) is 0 Å². The zero-order chi connectivity index (χ0) is 13.2. The van der Waals surface area contributed by atoms with Crippen LogP contribution in [0.2, 0.25) is 38.8 Å². The van der Waals surface area contributed by atoms with Crippen LogP contribution in [0.15, 0.2) is 0 Å². The van der Waals surface area contributed by atoms with Crippen molar-refractivity contribution in [2.24, 2.45) is 0 Å². The molecule has 0 amide bonds. The number of rotatable bonds is 6. The van der Waals surface area contributed by atoms with Gasteiger partial charge in [-0.2, -0.15) is 0 Å². The standard InChI is InChI=1S/C13H32NOSi2/c1-14(10-7-8-11-14)12-9-13-17(5,6)15-16(2,3)4/h7-13H2,1-6H3/q+1. The van der Waals surface area contributed by atoms with Crippen LogP contribution in [-0.2, 0) is 4.12 Å². The number of quaternary nitrogens is 1. The maximum absolute atomic E-state index is 6.39. The van der Waals surface area contributed by atoms with Crippen LogP contribution in [-0.4, -0.2) is 47.8 Å². The molecule has 1 saturated heterocycles. The molecule has 102 valence electrons. The van der Waals surface area contributed by atoms with Crippen LogP contribution in [0, 0.1) is 0 Å². The summed E-state index contributed by atoms with van der Waals surface area (Å²) in [7, 11) is -0.297. The van der Waals surface area contributed by atoms with Gasteiger partial charge in [-0.3, -0.25) is 0 Å². The Bertz CT molecular complexity index is 242. The van der Waals surface area contributed by atoms with E-state index in [4.69, 9.17) is 4.12 Å². The second-order valence-electron chi connectivity index (χ2n) is 7.58. The van der Waals surface area contributed by atoms with Crippen molar-refractivity contribution in [3.05, 3.63) is 0 Å². The lowest BCUT2D eigenvalue weighted by Gasteiger charge is -2.34. The molecule has 2 nitrogen and oxygen atoms in total. The average Bonchev–Trinajstić information content (AvgIpc) is 2.47. The maximum Gasteiger partial charge on any atom is 0.173 e. The van der Waals surface area contributed by atoms with Crippen molar-refractivity contribution in [3.63, 3.8) is 0 Å². The molecule has 17 heavy (non-hydrogen) atoms. The molecule has 0 aromatic heterocycles. The topological polar surface area (TPSA) is 9.23 Å². The molecule has 1 aliphatic heterocycles. The molecule has 1 rings (SSSR count). The summed E-state index contributed by atoms with van der Waals surface area (Å²) in [5.41, 5.74) is 0. The number of nitrogens with zero attached hydrogens (tertiary/aromatic N) is 1. The molecule has 1 heterocycles. The van der Waals surface area contributed by atoms with Crippen LogP contribution in [0.25, 0.3) is 0 Å². The lowest BCUT2D eigenvalue weighted by Crippen LogP contribution is -2.45. The highest BCUT2D eigenvalue weighted by molar-refractivity contribution is 6.84. The van der Waals surface area contributed by atoms with E-state index in [-0.39, 0.29) is 0 Å². The summed E-state index contributed by atoms with van der Waals surface area (Å²) in [6.45, 7) is 15.9. The van der Waals surface area contributed by atoms with Gasteiger partial charge in [-0.15, -0.1) is 0 Å². The van der Waals surface area contributed by atoms with Gasteiger partial charge in [-0.1, -0.05) is 0 Å². The van der Waals surface area contributed by atoms with E-state index >= 15 is 0 Å². The van der Waals surface area contributed by atoms with Gasteiger partial charge in [0.05, 0.1) is 26.7 Å². The van der Waals surface area contributed by atoms with Crippen molar-refractivity contribution < 1.29 is 8.60 Å². The first kappa shape index (κ1) is 15.4. The van der Waals surface area contributed by atoms with Crippen molar-refractivity contribution in [2.45, 2.75) is 58.0 Å². The molecule has 0 aliphatic carbocycles. The van der Waals surface area contributed by atoms with Crippen molar-refractivity contribution >= 4 is 16.6 Å². The molecule has 0 saturated carbocycles. The Morgan fingerprint density at radius 2 is 1.53 bits per heavy atom. The largest absolute Gasteiger partial charge is 0.456 e. The minimum Gasteiger partial charge on any atom is -0.456 e. The van der Waals surface area contributed by atoms with Crippen LogP contribution < -0.4 is 0 Å². The Kier molecular flexibility index (Phi) is 5.03. The van der Waals surface area contributed by atoms with E-state index < -0.39 is 16.6 Å². The van der Waals surface area contributed by atoms with Crippen molar-refractivity contribution in [3.8, 4) is 0 Å². The Hall–Kier alpha value is 0.354. The number of hydrogen-bond acceptors (Lipinski definition) is 1. The van der Waals surface area contributed by atoms with Gasteiger partial charge in [0.15, 0.2) is 16.6 Å². The van der Waals surface area contributed by atoms with E-state index in [1.165, 1.54) is 49.4 Å². The lowest BCUT2D eigenvalue weighted by atomic mass is 10.4. The Labute approximate surface area is 110 Å². The first-order chi connectivity index (χ1) is 7.62. The van der Waals surface area contributed by atoms with E-state index in [1.807, 2.05) is 0 Å². The summed E-state index contributed by atoms with van der Waals surface area (Å²) in [5.74, 6) is 0. The van der Waals surface area contributed by atoms with E-state index in [9.17, 15) is 0 Å². The van der Waals surface area contributed by atoms with Gasteiger partial charge in [0.1, 0.15) is 0 Å². The van der Waals surface area contributed by atoms with E-state index in [1.54, 1.807) is 0 Å². The van der Waals surface area contributed by atoms with E-state index in [0.29, 0.717) is 0 Å². The van der Waals surface area contributed by atoms with Gasteiger partial charge in [-0.25, -0.2) is 0 Å². The minimum absolute atomic E-state index is 1.32. The van der Waals surface area contributed by atoms with Gasteiger partial charge >= 0.3 is 0 Å². The van der Waals surface area contributed by atoms with Crippen LogP contribution in [0.3, 0.4) is 0 Å². The fourth-order valence-electron chi connectivity index (χ4n) is 3.09. The Morgan fingerprint density at radius 3 is 2.00 bits per heavy atom. The minimum atomic E-state index is -1.39. The quantitative estimate of drug-likeness (QED) is 0.530. The van der Waals surface area contributed by atoms with Crippen molar-refractivity contribution in [1.82, 2.24) is 0 Å². The third-order valence-corrected chi connectivity index (χ3v) is 9.92. The van der Waals surface area contributed by atoms with E-state index in [0.717, 1.165) is 0 Å². The summed E-state index contributed by atoms with van der Waals surface area (Å²) in [6, 6.07) is 1.34. The third kappa shape index (κ3) is 6.18. The summed E-state index contributed by atoms with van der Waals surface area (Å²) in [6.07, 6.45) is 4.23. The van der Waals surface area contributed by atoms with Crippen LogP contribution in [0.1, 0.15) is 19.3 Å². The van der Waals surface area contributed by atoms with Gasteiger partial charge in [0, 0.05) is 12.8 Å². The molecule has 0 unspecified atom stereocenters. The zero-order valence-corrected chi connectivity index (χ0v) is 14.8. The smallest absolute Gasteiger partial charge is 0.173 e. The molecule has 1 aliphatic rings. The molecule has 0 atom stereocenters. The Balaban J connectivity index is 2.29. The third-order valence-electron chi connectivity index (χ3n) is 3.71. The highest BCUT2D eigenvalue weighted by Gasteiger charge is 2.31. The zero-order valence-electron chi connectivity index (χ0n) is 12.8. The van der Waals surface area contributed by atoms with Gasteiger partial charge in [0.2, 0.25) is 0 Å². The van der Waals surface area contributed by atoms with Crippen molar-refractivity contribution in [1.29, 1.82) is 0 Å². The molecule has 1 fully saturated rings. The fourth-order valence-corrected chi connectivity index (χ4v) is 11.1. The average molecular weight is 275 g/mol. The molecule has 4 heteroatoms. The Morgan fingerprint density at radius 1 is 1.00 bits per heavy atom. The molecule has 0 aromatic carbocycles. The van der Waals surface area contributed by atoms with Crippen LogP contribution >= 0.6 is 0 Å². The SMILES string of the molecule is C[N+]1(CCC[Si](C)(C)O[Si](C)(C)C)CCCC1. The first-order valence-corrected chi connectivity index (χ1v) is 13.7. The highest BCUT2D eigenvalue weighted by Crippen LogP contribution is 2.22. The number of hydrogen-bond donors (Lipinski definition) is 0. The maximum atomic E-state index is 6.39.